The predicted molar refractivity (Wildman–Crippen MR) is 88.1 cm³/mol. The molecule has 1 atom stereocenters. The van der Waals surface area contributed by atoms with Crippen LogP contribution < -0.4 is 0 Å². The maximum absolute atomic E-state index is 11.9. The Labute approximate surface area is 136 Å². The van der Waals surface area contributed by atoms with Crippen molar-refractivity contribution in [1.29, 1.82) is 5.26 Å². The van der Waals surface area contributed by atoms with Gasteiger partial charge in [-0.25, -0.2) is 0 Å². The third-order valence-electron chi connectivity index (χ3n) is 4.18. The van der Waals surface area contributed by atoms with E-state index in [2.05, 4.69) is 23.1 Å². The molecule has 0 spiro atoms. The molecule has 2 aromatic rings. The van der Waals surface area contributed by atoms with E-state index in [9.17, 15) is 4.79 Å². The summed E-state index contributed by atoms with van der Waals surface area (Å²) in [6.07, 6.45) is 0.592. The number of hydrogen-bond acceptors (Lipinski definition) is 3. The van der Waals surface area contributed by atoms with E-state index in [0.717, 1.165) is 12.1 Å². The zero-order valence-electron chi connectivity index (χ0n) is 13.1. The Bertz CT molecular complexity index is 719. The minimum Gasteiger partial charge on any atom is -0.322 e. The minimum atomic E-state index is 0.187. The summed E-state index contributed by atoms with van der Waals surface area (Å²) in [5.41, 5.74) is 2.99. The number of nitrogens with zero attached hydrogens (tertiary/aromatic N) is 3. The molecule has 2 aromatic carbocycles. The second-order valence-corrected chi connectivity index (χ2v) is 5.96. The molecule has 0 saturated carbocycles. The summed E-state index contributed by atoms with van der Waals surface area (Å²) in [6, 6.07) is 20.0. The van der Waals surface area contributed by atoms with Crippen molar-refractivity contribution in [2.75, 3.05) is 13.7 Å². The van der Waals surface area contributed by atoms with Crippen LogP contribution in [0.25, 0.3) is 0 Å². The fourth-order valence-electron chi connectivity index (χ4n) is 2.91. The van der Waals surface area contributed by atoms with Crippen molar-refractivity contribution < 1.29 is 4.79 Å². The quantitative estimate of drug-likeness (QED) is 0.798. The van der Waals surface area contributed by atoms with E-state index in [0.29, 0.717) is 18.7 Å². The molecule has 23 heavy (non-hydrogen) atoms. The molecule has 0 aliphatic carbocycles. The molecule has 1 heterocycles. The fourth-order valence-corrected chi connectivity index (χ4v) is 2.91. The van der Waals surface area contributed by atoms with E-state index < -0.39 is 0 Å². The Balaban J connectivity index is 1.61. The molecule has 4 nitrogen and oxygen atoms in total. The van der Waals surface area contributed by atoms with Crippen LogP contribution in [-0.2, 0) is 11.3 Å². The molecule has 0 unspecified atom stereocenters. The van der Waals surface area contributed by atoms with Crippen LogP contribution in [0, 0.1) is 11.3 Å². The third kappa shape index (κ3) is 3.41. The van der Waals surface area contributed by atoms with Gasteiger partial charge in [0, 0.05) is 6.54 Å². The minimum absolute atomic E-state index is 0.187. The first kappa shape index (κ1) is 15.3. The molecule has 116 valence electrons. The zero-order valence-corrected chi connectivity index (χ0v) is 13.1. The van der Waals surface area contributed by atoms with Crippen molar-refractivity contribution in [2.24, 2.45) is 0 Å². The van der Waals surface area contributed by atoms with Crippen LogP contribution in [0.2, 0.25) is 0 Å². The number of carbonyl (C=O) groups is 1. The van der Waals surface area contributed by atoms with Crippen molar-refractivity contribution in [3.8, 4) is 6.07 Å². The molecule has 0 aromatic heterocycles. The molecule has 0 bridgehead atoms. The highest BCUT2D eigenvalue weighted by Gasteiger charge is 2.37. The molecule has 0 radical (unpaired) electrons. The Morgan fingerprint density at radius 1 is 1.17 bits per heavy atom. The standard InChI is InChI=1S/C19H19N3O/c1-21(13-16-9-7-15(12-20)8-10-16)14-22-18(11-19(22)23)17-5-3-2-4-6-17/h2-10,18H,11,13-14H2,1H3/t18-/m0/s1. The fraction of sp³-hybridized carbons (Fsp3) is 0.263. The van der Waals surface area contributed by atoms with Gasteiger partial charge in [-0.3, -0.25) is 9.69 Å². The Hall–Kier alpha value is -2.64. The highest BCUT2D eigenvalue weighted by atomic mass is 16.2. The largest absolute Gasteiger partial charge is 0.322 e. The second kappa shape index (κ2) is 6.64. The second-order valence-electron chi connectivity index (χ2n) is 5.96. The van der Waals surface area contributed by atoms with Gasteiger partial charge < -0.3 is 4.90 Å². The number of likely N-dealkylation sites (tertiary alicyclic amines) is 1. The van der Waals surface area contributed by atoms with Crippen LogP contribution in [0.15, 0.2) is 54.6 Å². The summed E-state index contributed by atoms with van der Waals surface area (Å²) < 4.78 is 0. The first-order chi connectivity index (χ1) is 11.2. The summed E-state index contributed by atoms with van der Waals surface area (Å²) in [4.78, 5) is 16.0. The lowest BCUT2D eigenvalue weighted by Gasteiger charge is -2.42. The van der Waals surface area contributed by atoms with Crippen LogP contribution in [0.1, 0.15) is 29.2 Å². The lowest BCUT2D eigenvalue weighted by atomic mass is 9.94. The number of hydrogen-bond donors (Lipinski definition) is 0. The van der Waals surface area contributed by atoms with Crippen molar-refractivity contribution in [1.82, 2.24) is 9.80 Å². The van der Waals surface area contributed by atoms with Crippen LogP contribution >= 0.6 is 0 Å². The maximum Gasteiger partial charge on any atom is 0.226 e. The molecular weight excluding hydrogens is 286 g/mol. The Kier molecular flexibility index (Phi) is 4.40. The number of carbonyl (C=O) groups excluding carboxylic acids is 1. The average molecular weight is 305 g/mol. The summed E-state index contributed by atoms with van der Waals surface area (Å²) in [6.45, 7) is 1.36. The lowest BCUT2D eigenvalue weighted by molar-refractivity contribution is -0.149. The van der Waals surface area contributed by atoms with Gasteiger partial charge in [-0.15, -0.1) is 0 Å². The van der Waals surface area contributed by atoms with Crippen LogP contribution in [0.4, 0.5) is 0 Å². The molecule has 4 heteroatoms. The maximum atomic E-state index is 11.9. The summed E-state index contributed by atoms with van der Waals surface area (Å²) in [5, 5.41) is 8.83. The van der Waals surface area contributed by atoms with E-state index in [1.807, 2.05) is 54.4 Å². The van der Waals surface area contributed by atoms with Crippen molar-refractivity contribution >= 4 is 5.91 Å². The highest BCUT2D eigenvalue weighted by Crippen LogP contribution is 2.34. The molecular formula is C19H19N3O. The van der Waals surface area contributed by atoms with Gasteiger partial charge >= 0.3 is 0 Å². The predicted octanol–water partition coefficient (Wildman–Crippen LogP) is 2.92. The van der Waals surface area contributed by atoms with E-state index in [1.54, 1.807) is 0 Å². The van der Waals surface area contributed by atoms with Crippen LogP contribution in [0.5, 0.6) is 0 Å². The van der Waals surface area contributed by atoms with Crippen molar-refractivity contribution in [3.63, 3.8) is 0 Å². The van der Waals surface area contributed by atoms with Crippen molar-refractivity contribution in [2.45, 2.75) is 19.0 Å². The topological polar surface area (TPSA) is 47.3 Å². The van der Waals surface area contributed by atoms with E-state index in [4.69, 9.17) is 5.26 Å². The van der Waals surface area contributed by atoms with Crippen LogP contribution in [-0.4, -0.2) is 29.4 Å². The summed E-state index contributed by atoms with van der Waals surface area (Å²) in [5.74, 6) is 0.200. The van der Waals surface area contributed by atoms with Gasteiger partial charge in [-0.2, -0.15) is 5.26 Å². The smallest absolute Gasteiger partial charge is 0.226 e. The Morgan fingerprint density at radius 2 is 1.87 bits per heavy atom. The van der Waals surface area contributed by atoms with E-state index in [-0.39, 0.29) is 11.9 Å². The number of benzene rings is 2. The molecule has 1 aliphatic rings. The normalized spacial score (nSPS) is 17.0. The summed E-state index contributed by atoms with van der Waals surface area (Å²) >= 11 is 0. The van der Waals surface area contributed by atoms with Gasteiger partial charge in [0.25, 0.3) is 0 Å². The van der Waals surface area contributed by atoms with Gasteiger partial charge in [0.15, 0.2) is 0 Å². The molecule has 1 aliphatic heterocycles. The first-order valence-electron chi connectivity index (χ1n) is 7.69. The first-order valence-corrected chi connectivity index (χ1v) is 7.69. The van der Waals surface area contributed by atoms with Crippen LogP contribution in [0.3, 0.4) is 0 Å². The van der Waals surface area contributed by atoms with Gasteiger partial charge in [0.1, 0.15) is 0 Å². The molecule has 1 fully saturated rings. The lowest BCUT2D eigenvalue weighted by Crippen LogP contribution is -2.50. The third-order valence-corrected chi connectivity index (χ3v) is 4.18. The average Bonchev–Trinajstić information content (AvgIpc) is 2.59. The molecule has 1 saturated heterocycles. The molecule has 1 amide bonds. The van der Waals surface area contributed by atoms with Gasteiger partial charge in [-0.05, 0) is 30.3 Å². The van der Waals surface area contributed by atoms with Gasteiger partial charge in [0.2, 0.25) is 5.91 Å². The monoisotopic (exact) mass is 305 g/mol. The highest BCUT2D eigenvalue weighted by molar-refractivity contribution is 5.83. The molecule has 3 rings (SSSR count). The zero-order chi connectivity index (χ0) is 16.2. The van der Waals surface area contributed by atoms with Gasteiger partial charge in [-0.1, -0.05) is 42.5 Å². The SMILES string of the molecule is CN(Cc1ccc(C#N)cc1)CN1C(=O)C[C@H]1c1ccccc1. The summed E-state index contributed by atoms with van der Waals surface area (Å²) in [7, 11) is 2.01. The number of rotatable bonds is 5. The Morgan fingerprint density at radius 3 is 2.48 bits per heavy atom. The number of β-lactam (4-membered cyclic amide) rings is 1. The number of nitriles is 1. The number of amides is 1. The van der Waals surface area contributed by atoms with E-state index >= 15 is 0 Å². The molecule has 0 N–H and O–H groups in total. The van der Waals surface area contributed by atoms with E-state index in [1.165, 1.54) is 5.56 Å². The van der Waals surface area contributed by atoms with Gasteiger partial charge in [0.05, 0.1) is 30.8 Å². The van der Waals surface area contributed by atoms with Crippen molar-refractivity contribution in [3.05, 3.63) is 71.3 Å².